The number of rotatable bonds is 3. The average molecular weight is 359 g/mol. The van der Waals surface area contributed by atoms with Crippen molar-refractivity contribution in [2.75, 3.05) is 7.11 Å². The van der Waals surface area contributed by atoms with Crippen molar-refractivity contribution in [2.45, 2.75) is 32.6 Å². The molecule has 1 unspecified atom stereocenters. The molecule has 2 aromatic rings. The molecule has 0 radical (unpaired) electrons. The Balaban J connectivity index is 1.82. The highest BCUT2D eigenvalue weighted by molar-refractivity contribution is 6.00. The molecule has 2 aromatic carbocycles. The molecule has 27 heavy (non-hydrogen) atoms. The Kier molecular flexibility index (Phi) is 4.39. The number of ether oxygens (including phenoxy) is 1. The van der Waals surface area contributed by atoms with Gasteiger partial charge in [-0.25, -0.2) is 0 Å². The maximum Gasteiger partial charge on any atom is 0.162 e. The number of methoxy groups -OCH3 is 1. The van der Waals surface area contributed by atoms with Gasteiger partial charge in [0.05, 0.1) is 7.11 Å². The van der Waals surface area contributed by atoms with E-state index in [1.165, 1.54) is 0 Å². The Morgan fingerprint density at radius 3 is 2.37 bits per heavy atom. The van der Waals surface area contributed by atoms with Gasteiger partial charge in [-0.1, -0.05) is 56.3 Å². The van der Waals surface area contributed by atoms with Crippen LogP contribution in [-0.2, 0) is 4.79 Å². The zero-order valence-corrected chi connectivity index (χ0v) is 16.1. The van der Waals surface area contributed by atoms with E-state index in [-0.39, 0.29) is 17.1 Å². The van der Waals surface area contributed by atoms with E-state index < -0.39 is 0 Å². The highest BCUT2D eigenvalue weighted by Crippen LogP contribution is 2.44. The van der Waals surface area contributed by atoms with Crippen LogP contribution in [0.3, 0.4) is 0 Å². The molecule has 0 saturated carbocycles. The molecule has 0 amide bonds. The first-order chi connectivity index (χ1) is 13.0. The number of dihydropyridines is 1. The molecule has 4 rings (SSSR count). The first-order valence-corrected chi connectivity index (χ1v) is 9.41. The molecule has 0 saturated heterocycles. The molecule has 138 valence electrons. The molecule has 3 nitrogen and oxygen atoms in total. The molecule has 0 spiro atoms. The van der Waals surface area contributed by atoms with Gasteiger partial charge in [0.25, 0.3) is 0 Å². The molecular formula is C24H25NO2. The van der Waals surface area contributed by atoms with Gasteiger partial charge >= 0.3 is 0 Å². The van der Waals surface area contributed by atoms with Gasteiger partial charge in [-0.05, 0) is 41.2 Å². The summed E-state index contributed by atoms with van der Waals surface area (Å²) in [5.74, 6) is 1.04. The Morgan fingerprint density at radius 1 is 1.00 bits per heavy atom. The van der Waals surface area contributed by atoms with Gasteiger partial charge in [0.1, 0.15) is 5.75 Å². The van der Waals surface area contributed by atoms with E-state index in [0.717, 1.165) is 40.3 Å². The quantitative estimate of drug-likeness (QED) is 0.832. The van der Waals surface area contributed by atoms with E-state index in [2.05, 4.69) is 49.5 Å². The number of benzene rings is 2. The summed E-state index contributed by atoms with van der Waals surface area (Å²) in [5.41, 5.74) is 5.29. The summed E-state index contributed by atoms with van der Waals surface area (Å²) in [5, 5.41) is 3.58. The molecule has 1 heterocycles. The number of Topliss-reactive ketones (excluding diaryl/α,β-unsaturated/α-hetero) is 1. The number of allylic oxidation sites excluding steroid dienone is 3. The van der Waals surface area contributed by atoms with Crippen LogP contribution in [0.5, 0.6) is 5.75 Å². The summed E-state index contributed by atoms with van der Waals surface area (Å²) in [4.78, 5) is 13.0. The number of ketones is 1. The Morgan fingerprint density at radius 2 is 1.70 bits per heavy atom. The van der Waals surface area contributed by atoms with Gasteiger partial charge in [0.15, 0.2) is 5.78 Å². The lowest BCUT2D eigenvalue weighted by Crippen LogP contribution is -2.35. The van der Waals surface area contributed by atoms with Crippen LogP contribution in [0.15, 0.2) is 71.9 Å². The van der Waals surface area contributed by atoms with Crippen LogP contribution < -0.4 is 10.1 Å². The first-order valence-electron chi connectivity index (χ1n) is 9.41. The van der Waals surface area contributed by atoms with E-state index in [1.807, 2.05) is 30.3 Å². The van der Waals surface area contributed by atoms with Crippen LogP contribution in [0.25, 0.3) is 5.70 Å². The SMILES string of the molecule is COc1ccc(C2C=C(c3ccccc3)NC3=C2C(=O)CC(C)(C)C3)cc1. The zero-order valence-electron chi connectivity index (χ0n) is 16.1. The largest absolute Gasteiger partial charge is 0.497 e. The molecule has 0 fully saturated rings. The van der Waals surface area contributed by atoms with Gasteiger partial charge in [0, 0.05) is 29.3 Å². The van der Waals surface area contributed by atoms with Crippen molar-refractivity contribution in [1.82, 2.24) is 5.32 Å². The van der Waals surface area contributed by atoms with Crippen molar-refractivity contribution in [3.8, 4) is 5.75 Å². The van der Waals surface area contributed by atoms with E-state index in [4.69, 9.17) is 4.74 Å². The highest BCUT2D eigenvalue weighted by Gasteiger charge is 2.38. The fraction of sp³-hybridized carbons (Fsp3) is 0.292. The predicted octanol–water partition coefficient (Wildman–Crippen LogP) is 5.07. The summed E-state index contributed by atoms with van der Waals surface area (Å²) in [6.45, 7) is 4.33. The molecule has 3 heteroatoms. The van der Waals surface area contributed by atoms with Crippen molar-refractivity contribution in [1.29, 1.82) is 0 Å². The molecule has 1 atom stereocenters. The van der Waals surface area contributed by atoms with Crippen LogP contribution in [-0.4, -0.2) is 12.9 Å². The second-order valence-electron chi connectivity index (χ2n) is 8.16. The minimum absolute atomic E-state index is 0.0213. The number of hydrogen-bond acceptors (Lipinski definition) is 3. The smallest absolute Gasteiger partial charge is 0.162 e. The standard InChI is InChI=1S/C24H25NO2/c1-24(2)14-21-23(22(26)15-24)19(16-9-11-18(27-3)12-10-16)13-20(25-21)17-7-5-4-6-8-17/h4-13,19,25H,14-15H2,1-3H3. The highest BCUT2D eigenvalue weighted by atomic mass is 16.5. The maximum absolute atomic E-state index is 13.0. The molecule has 2 aliphatic rings. The van der Waals surface area contributed by atoms with Crippen molar-refractivity contribution in [2.24, 2.45) is 5.41 Å². The minimum Gasteiger partial charge on any atom is -0.497 e. The number of hydrogen-bond donors (Lipinski definition) is 1. The van der Waals surface area contributed by atoms with Gasteiger partial charge in [-0.15, -0.1) is 0 Å². The van der Waals surface area contributed by atoms with Crippen molar-refractivity contribution >= 4 is 11.5 Å². The zero-order chi connectivity index (χ0) is 19.0. The molecule has 0 aromatic heterocycles. The lowest BCUT2D eigenvalue weighted by molar-refractivity contribution is -0.118. The van der Waals surface area contributed by atoms with Gasteiger partial charge < -0.3 is 10.1 Å². The average Bonchev–Trinajstić information content (AvgIpc) is 2.67. The van der Waals surface area contributed by atoms with Gasteiger partial charge in [0.2, 0.25) is 0 Å². The first kappa shape index (κ1) is 17.6. The van der Waals surface area contributed by atoms with Crippen LogP contribution >= 0.6 is 0 Å². The lowest BCUT2D eigenvalue weighted by atomic mass is 9.70. The molecule has 1 N–H and O–H groups in total. The summed E-state index contributed by atoms with van der Waals surface area (Å²) < 4.78 is 5.30. The second kappa shape index (κ2) is 6.73. The van der Waals surface area contributed by atoms with Crippen molar-refractivity contribution < 1.29 is 9.53 Å². The topological polar surface area (TPSA) is 38.3 Å². The molecule has 1 aliphatic carbocycles. The van der Waals surface area contributed by atoms with Gasteiger partial charge in [-0.2, -0.15) is 0 Å². The third-order valence-electron chi connectivity index (χ3n) is 5.41. The summed E-state index contributed by atoms with van der Waals surface area (Å²) in [7, 11) is 1.67. The summed E-state index contributed by atoms with van der Waals surface area (Å²) in [6.07, 6.45) is 3.66. The van der Waals surface area contributed by atoms with E-state index in [0.29, 0.717) is 6.42 Å². The van der Waals surface area contributed by atoms with Crippen molar-refractivity contribution in [3.05, 3.63) is 83.1 Å². The van der Waals surface area contributed by atoms with Crippen LogP contribution in [0.1, 0.15) is 43.7 Å². The van der Waals surface area contributed by atoms with Crippen LogP contribution in [0, 0.1) is 5.41 Å². The second-order valence-corrected chi connectivity index (χ2v) is 8.16. The Bertz CT molecular complexity index is 921. The predicted molar refractivity (Wildman–Crippen MR) is 108 cm³/mol. The van der Waals surface area contributed by atoms with E-state index >= 15 is 0 Å². The maximum atomic E-state index is 13.0. The van der Waals surface area contributed by atoms with Crippen LogP contribution in [0.2, 0.25) is 0 Å². The third-order valence-corrected chi connectivity index (χ3v) is 5.41. The number of carbonyl (C=O) groups excluding carboxylic acids is 1. The van der Waals surface area contributed by atoms with Crippen molar-refractivity contribution in [3.63, 3.8) is 0 Å². The number of carbonyl (C=O) groups is 1. The fourth-order valence-electron chi connectivity index (χ4n) is 4.12. The monoisotopic (exact) mass is 359 g/mol. The molecular weight excluding hydrogens is 334 g/mol. The summed E-state index contributed by atoms with van der Waals surface area (Å²) >= 11 is 0. The van der Waals surface area contributed by atoms with Gasteiger partial charge in [-0.3, -0.25) is 4.79 Å². The normalized spacial score (nSPS) is 21.2. The fourth-order valence-corrected chi connectivity index (χ4v) is 4.12. The lowest BCUT2D eigenvalue weighted by Gasteiger charge is -2.38. The van der Waals surface area contributed by atoms with E-state index in [1.54, 1.807) is 7.11 Å². The summed E-state index contributed by atoms with van der Waals surface area (Å²) in [6, 6.07) is 18.4. The Hall–Kier alpha value is -2.81. The Labute approximate surface area is 160 Å². The minimum atomic E-state index is -0.0361. The molecule has 1 aliphatic heterocycles. The third kappa shape index (κ3) is 3.42. The van der Waals surface area contributed by atoms with Crippen LogP contribution in [0.4, 0.5) is 0 Å². The molecule has 0 bridgehead atoms. The van der Waals surface area contributed by atoms with E-state index in [9.17, 15) is 4.79 Å². The number of nitrogens with one attached hydrogen (secondary N) is 1.